The summed E-state index contributed by atoms with van der Waals surface area (Å²) in [5, 5.41) is 20.8. The van der Waals surface area contributed by atoms with Crippen LogP contribution in [0.2, 0.25) is 0 Å². The molecular weight excluding hydrogens is 827 g/mol. The minimum Gasteiger partial charge on any atom is -0.463 e. The van der Waals surface area contributed by atoms with Crippen molar-refractivity contribution < 1.29 is 80.7 Å². The Balaban J connectivity index is 4.77. The number of nitrogens with one attached hydrogen (secondary N) is 1. The van der Waals surface area contributed by atoms with E-state index in [0.29, 0.717) is 83.5 Å². The first-order chi connectivity index (χ1) is 26.1. The number of phosphoric acid groups is 1. The number of ether oxygens (including phenoxy) is 7. The first-order valence-electron chi connectivity index (χ1n) is 18.5. The average molecular weight is 895 g/mol. The number of carbonyl (C=O) groups is 3. The number of terminal acetylenes is 1. The van der Waals surface area contributed by atoms with Crippen LogP contribution in [0.15, 0.2) is 0 Å². The molecule has 4 atom stereocenters. The van der Waals surface area contributed by atoms with Gasteiger partial charge in [-0.05, 0) is 33.1 Å². The molecule has 0 bridgehead atoms. The van der Waals surface area contributed by atoms with Gasteiger partial charge in [0, 0.05) is 18.6 Å². The lowest BCUT2D eigenvalue weighted by atomic mass is 9.69. The SMILES string of the molecule is C#CCOC(=O)C(C)(Br)CC(C)(CC(C)(C)C(=O)NCCCOCCOCCOCCOCCOCC(O)CO)C(=O)OCCOP(=O)(O)OCC[N+](C)(C)C. The molecule has 4 N–H and O–H groups in total. The number of nitrogens with zero attached hydrogens (tertiary/aromatic N) is 1. The van der Waals surface area contributed by atoms with E-state index in [4.69, 9.17) is 58.8 Å². The van der Waals surface area contributed by atoms with Crippen LogP contribution in [0.5, 0.6) is 0 Å². The second-order valence-electron chi connectivity index (χ2n) is 15.0. The van der Waals surface area contributed by atoms with Crippen molar-refractivity contribution in [2.45, 2.75) is 57.4 Å². The van der Waals surface area contributed by atoms with Crippen LogP contribution in [-0.2, 0) is 61.2 Å². The van der Waals surface area contributed by atoms with Crippen LogP contribution in [0.25, 0.3) is 0 Å². The normalized spacial score (nSPS) is 15.8. The topological polar surface area (TPSA) is 224 Å². The van der Waals surface area contributed by atoms with Crippen molar-refractivity contribution in [2.24, 2.45) is 10.8 Å². The van der Waals surface area contributed by atoms with Crippen molar-refractivity contribution in [3.63, 3.8) is 0 Å². The lowest BCUT2D eigenvalue weighted by Crippen LogP contribution is -2.47. The van der Waals surface area contributed by atoms with Gasteiger partial charge in [-0.3, -0.25) is 23.4 Å². The predicted octanol–water partition coefficient (Wildman–Crippen LogP) is 1.45. The predicted molar refractivity (Wildman–Crippen MR) is 209 cm³/mol. The Morgan fingerprint density at radius 2 is 1.30 bits per heavy atom. The van der Waals surface area contributed by atoms with Crippen molar-refractivity contribution in [3.05, 3.63) is 0 Å². The van der Waals surface area contributed by atoms with E-state index >= 15 is 0 Å². The molecule has 18 nitrogen and oxygen atoms in total. The zero-order valence-corrected chi connectivity index (χ0v) is 36.7. The number of alkyl halides is 1. The van der Waals surface area contributed by atoms with E-state index in [1.807, 2.05) is 21.1 Å². The summed E-state index contributed by atoms with van der Waals surface area (Å²) in [5.74, 6) is 0.424. The van der Waals surface area contributed by atoms with Gasteiger partial charge in [0.2, 0.25) is 5.91 Å². The molecule has 0 aliphatic carbocycles. The summed E-state index contributed by atoms with van der Waals surface area (Å²) in [5.41, 5.74) is -2.54. The molecule has 0 radical (unpaired) electrons. The lowest BCUT2D eigenvalue weighted by Gasteiger charge is -2.38. The molecule has 0 aliphatic rings. The number of likely N-dealkylation sites (N-methyl/N-ethyl adjacent to an activating group) is 1. The lowest BCUT2D eigenvalue weighted by molar-refractivity contribution is -0.870. The molecule has 0 saturated heterocycles. The number of hydrogen-bond acceptors (Lipinski definition) is 15. The van der Waals surface area contributed by atoms with Crippen molar-refractivity contribution in [2.75, 3.05) is 133 Å². The van der Waals surface area contributed by atoms with Gasteiger partial charge < -0.3 is 58.1 Å². The number of quaternary nitrogens is 1. The first-order valence-corrected chi connectivity index (χ1v) is 20.7. The van der Waals surface area contributed by atoms with Gasteiger partial charge in [-0.2, -0.15) is 0 Å². The molecule has 20 heteroatoms. The van der Waals surface area contributed by atoms with E-state index in [9.17, 15) is 23.8 Å². The number of esters is 2. The second-order valence-corrected chi connectivity index (χ2v) is 18.2. The van der Waals surface area contributed by atoms with Gasteiger partial charge in [-0.1, -0.05) is 35.7 Å². The first kappa shape index (κ1) is 54.2. The van der Waals surface area contributed by atoms with Crippen LogP contribution in [0.1, 0.15) is 47.0 Å². The number of hydrogen-bond donors (Lipinski definition) is 4. The Kier molecular flexibility index (Phi) is 27.7. The summed E-state index contributed by atoms with van der Waals surface area (Å²) in [6, 6.07) is 0. The molecule has 0 saturated carbocycles. The molecule has 4 unspecified atom stereocenters. The Morgan fingerprint density at radius 3 is 1.82 bits per heavy atom. The molecule has 0 aromatic heterocycles. The Morgan fingerprint density at radius 1 is 0.786 bits per heavy atom. The maximum absolute atomic E-state index is 13.6. The molecule has 0 heterocycles. The number of carbonyl (C=O) groups excluding carboxylic acids is 3. The van der Waals surface area contributed by atoms with Gasteiger partial charge in [0.15, 0.2) is 6.61 Å². The number of rotatable bonds is 35. The Bertz CT molecular complexity index is 1210. The Hall–Kier alpha value is -1.76. The van der Waals surface area contributed by atoms with E-state index in [1.165, 1.54) is 6.92 Å². The number of halogens is 1. The quantitative estimate of drug-likeness (QED) is 0.0177. The van der Waals surface area contributed by atoms with Crippen LogP contribution < -0.4 is 5.32 Å². The van der Waals surface area contributed by atoms with E-state index in [1.54, 1.807) is 20.8 Å². The fourth-order valence-electron chi connectivity index (χ4n) is 5.02. The second kappa shape index (κ2) is 28.6. The summed E-state index contributed by atoms with van der Waals surface area (Å²) in [6.45, 7) is 9.08. The van der Waals surface area contributed by atoms with E-state index in [2.05, 4.69) is 27.2 Å². The molecule has 0 aliphatic heterocycles. The molecule has 0 fully saturated rings. The standard InChI is InChI=1S/C36H66BrN2O16P/c1-9-13-52-33(44)36(5,37)29-35(4,32(43)53-24-25-55-56(45,46)54-15-12-39(6,7)8)28-34(2,3)31(42)38-11-10-14-47-16-17-48-18-19-49-20-21-50-22-23-51-27-30(41)26-40/h1,30,40-41H,10-29H2,2-8H3,(H-,38,42,45,46)/p+1. The number of phosphoric ester groups is 1. The summed E-state index contributed by atoms with van der Waals surface area (Å²) in [4.78, 5) is 49.7. The summed E-state index contributed by atoms with van der Waals surface area (Å²) >= 11 is 3.37. The van der Waals surface area contributed by atoms with Crippen molar-refractivity contribution >= 4 is 41.6 Å². The van der Waals surface area contributed by atoms with Gasteiger partial charge in [0.1, 0.15) is 30.2 Å². The van der Waals surface area contributed by atoms with Crippen LogP contribution in [0, 0.1) is 23.2 Å². The third-order valence-corrected chi connectivity index (χ3v) is 9.34. The Labute approximate surface area is 340 Å². The zero-order valence-electron chi connectivity index (χ0n) is 34.2. The minimum atomic E-state index is -4.39. The maximum atomic E-state index is 13.6. The van der Waals surface area contributed by atoms with Crippen molar-refractivity contribution in [3.8, 4) is 12.3 Å². The van der Waals surface area contributed by atoms with Crippen molar-refractivity contribution in [1.82, 2.24) is 5.32 Å². The van der Waals surface area contributed by atoms with E-state index in [-0.39, 0.29) is 45.2 Å². The molecule has 328 valence electrons. The van der Waals surface area contributed by atoms with Crippen LogP contribution >= 0.6 is 23.8 Å². The van der Waals surface area contributed by atoms with Gasteiger partial charge in [-0.15, -0.1) is 6.42 Å². The number of amides is 1. The highest BCUT2D eigenvalue weighted by atomic mass is 79.9. The molecule has 1 amide bonds. The summed E-state index contributed by atoms with van der Waals surface area (Å²) in [6.07, 6.45) is 4.68. The average Bonchev–Trinajstić information content (AvgIpc) is 3.10. The minimum absolute atomic E-state index is 0.0235. The number of aliphatic hydroxyl groups is 2. The third-order valence-electron chi connectivity index (χ3n) is 7.72. The monoisotopic (exact) mass is 893 g/mol. The summed E-state index contributed by atoms with van der Waals surface area (Å²) < 4.78 is 58.8. The van der Waals surface area contributed by atoms with Gasteiger partial charge in [-0.25, -0.2) is 4.57 Å². The van der Waals surface area contributed by atoms with Crippen LogP contribution in [0.3, 0.4) is 0 Å². The zero-order chi connectivity index (χ0) is 42.7. The maximum Gasteiger partial charge on any atom is 0.472 e. The number of aliphatic hydroxyl groups excluding tert-OH is 2. The smallest absolute Gasteiger partial charge is 0.463 e. The van der Waals surface area contributed by atoms with Gasteiger partial charge >= 0.3 is 19.8 Å². The fraction of sp³-hybridized carbons (Fsp3) is 0.861. The largest absolute Gasteiger partial charge is 0.472 e. The van der Waals surface area contributed by atoms with Crippen LogP contribution in [0.4, 0.5) is 0 Å². The van der Waals surface area contributed by atoms with Gasteiger partial charge in [0.25, 0.3) is 0 Å². The molecule has 56 heavy (non-hydrogen) atoms. The summed E-state index contributed by atoms with van der Waals surface area (Å²) in [7, 11) is 1.30. The molecule has 0 aromatic carbocycles. The highest BCUT2D eigenvalue weighted by molar-refractivity contribution is 9.10. The van der Waals surface area contributed by atoms with Gasteiger partial charge in [0.05, 0.1) is 99.2 Å². The molecular formula is C36H67BrN2O16P+. The third kappa shape index (κ3) is 27.0. The molecule has 0 aromatic rings. The van der Waals surface area contributed by atoms with E-state index in [0.717, 1.165) is 0 Å². The highest BCUT2D eigenvalue weighted by Crippen LogP contribution is 2.45. The molecule has 0 rings (SSSR count). The van der Waals surface area contributed by atoms with Crippen LogP contribution in [-0.4, -0.2) is 181 Å². The van der Waals surface area contributed by atoms with E-state index < -0.39 is 54.2 Å². The fourth-order valence-corrected chi connectivity index (χ4v) is 6.45. The highest BCUT2D eigenvalue weighted by Gasteiger charge is 2.49. The molecule has 0 spiro atoms. The van der Waals surface area contributed by atoms with Crippen molar-refractivity contribution in [1.29, 1.82) is 0 Å².